The Kier molecular flexibility index (Phi) is 5.14. The summed E-state index contributed by atoms with van der Waals surface area (Å²) in [5.74, 6) is 1.08. The predicted octanol–water partition coefficient (Wildman–Crippen LogP) is 3.25. The molecule has 31 heavy (non-hydrogen) atoms. The minimum atomic E-state index is -0.0217. The van der Waals surface area contributed by atoms with Gasteiger partial charge in [0.25, 0.3) is 5.91 Å². The fourth-order valence-corrected chi connectivity index (χ4v) is 4.93. The minimum absolute atomic E-state index is 0.0217. The summed E-state index contributed by atoms with van der Waals surface area (Å²) < 4.78 is 1.86. The van der Waals surface area contributed by atoms with Crippen molar-refractivity contribution in [2.45, 2.75) is 51.6 Å². The molecule has 2 unspecified atom stereocenters. The molecule has 7 nitrogen and oxygen atoms in total. The molecule has 0 saturated carbocycles. The number of aryl methyl sites for hydroxylation is 2. The van der Waals surface area contributed by atoms with Gasteiger partial charge in [-0.1, -0.05) is 18.2 Å². The number of rotatable bonds is 3. The molecule has 2 saturated heterocycles. The van der Waals surface area contributed by atoms with Gasteiger partial charge in [-0.2, -0.15) is 5.10 Å². The van der Waals surface area contributed by atoms with E-state index in [1.54, 1.807) is 0 Å². The average Bonchev–Trinajstić information content (AvgIpc) is 3.38. The zero-order valence-electron chi connectivity index (χ0n) is 18.3. The van der Waals surface area contributed by atoms with Crippen molar-refractivity contribution in [3.63, 3.8) is 0 Å². The lowest BCUT2D eigenvalue weighted by Crippen LogP contribution is -2.39. The maximum atomic E-state index is 13.4. The van der Waals surface area contributed by atoms with Crippen molar-refractivity contribution in [3.05, 3.63) is 58.9 Å². The van der Waals surface area contributed by atoms with Crippen LogP contribution in [0.25, 0.3) is 5.65 Å². The number of fused-ring (bicyclic) bond motifs is 1. The van der Waals surface area contributed by atoms with E-state index < -0.39 is 0 Å². The van der Waals surface area contributed by atoms with E-state index in [1.165, 1.54) is 0 Å². The van der Waals surface area contributed by atoms with Crippen LogP contribution in [0, 0.1) is 13.8 Å². The monoisotopic (exact) mass is 418 g/mol. The second kappa shape index (κ2) is 7.96. The maximum Gasteiger partial charge on any atom is 0.254 e. The van der Waals surface area contributed by atoms with E-state index in [4.69, 9.17) is 15.8 Å². The summed E-state index contributed by atoms with van der Waals surface area (Å²) in [6.07, 6.45) is 6.09. The van der Waals surface area contributed by atoms with E-state index in [2.05, 4.69) is 11.8 Å². The molecule has 2 fully saturated rings. The summed E-state index contributed by atoms with van der Waals surface area (Å²) in [6, 6.07) is 10.1. The molecule has 2 aromatic heterocycles. The first-order chi connectivity index (χ1) is 15.0. The van der Waals surface area contributed by atoms with Gasteiger partial charge in [0.2, 0.25) is 0 Å². The second-order valence-electron chi connectivity index (χ2n) is 8.94. The molecule has 5 rings (SSSR count). The SMILES string of the molecule is Cc1ccccc1C(=O)N1CCCCC1c1cc2nc(N3CCC(N)C3)c(C)cn2n1. The highest BCUT2D eigenvalue weighted by molar-refractivity contribution is 5.96. The van der Waals surface area contributed by atoms with Gasteiger partial charge in [-0.25, -0.2) is 9.50 Å². The normalized spacial score (nSPS) is 21.8. The van der Waals surface area contributed by atoms with Crippen molar-refractivity contribution >= 4 is 17.4 Å². The van der Waals surface area contributed by atoms with Gasteiger partial charge >= 0.3 is 0 Å². The Labute approximate surface area is 182 Å². The Morgan fingerprint density at radius 2 is 1.94 bits per heavy atom. The third-order valence-electron chi connectivity index (χ3n) is 6.63. The van der Waals surface area contributed by atoms with Crippen LogP contribution in [-0.4, -0.2) is 51.1 Å². The molecular weight excluding hydrogens is 388 g/mol. The number of amides is 1. The Morgan fingerprint density at radius 3 is 2.71 bits per heavy atom. The van der Waals surface area contributed by atoms with Crippen LogP contribution in [0.1, 0.15) is 58.9 Å². The number of piperidine rings is 1. The number of carbonyl (C=O) groups is 1. The smallest absolute Gasteiger partial charge is 0.254 e. The highest BCUT2D eigenvalue weighted by Gasteiger charge is 2.31. The number of nitrogens with two attached hydrogens (primary N) is 1. The van der Waals surface area contributed by atoms with Crippen molar-refractivity contribution in [1.82, 2.24) is 19.5 Å². The number of hydrogen-bond acceptors (Lipinski definition) is 5. The van der Waals surface area contributed by atoms with Crippen LogP contribution >= 0.6 is 0 Å². The topological polar surface area (TPSA) is 79.8 Å². The number of likely N-dealkylation sites (tertiary alicyclic amines) is 1. The van der Waals surface area contributed by atoms with E-state index >= 15 is 0 Å². The van der Waals surface area contributed by atoms with E-state index in [-0.39, 0.29) is 18.0 Å². The van der Waals surface area contributed by atoms with Crippen LogP contribution in [0.5, 0.6) is 0 Å². The Morgan fingerprint density at radius 1 is 1.10 bits per heavy atom. The molecule has 3 aromatic rings. The summed E-state index contributed by atoms with van der Waals surface area (Å²) in [4.78, 5) is 22.6. The average molecular weight is 419 g/mol. The molecule has 1 aromatic carbocycles. The summed E-state index contributed by atoms with van der Waals surface area (Å²) in [5, 5.41) is 4.85. The molecular formula is C24H30N6O. The van der Waals surface area contributed by atoms with Gasteiger partial charge in [-0.15, -0.1) is 0 Å². The van der Waals surface area contributed by atoms with Crippen molar-refractivity contribution in [3.8, 4) is 0 Å². The molecule has 2 atom stereocenters. The number of benzene rings is 1. The van der Waals surface area contributed by atoms with Gasteiger partial charge in [0.05, 0.1) is 11.7 Å². The lowest BCUT2D eigenvalue weighted by atomic mass is 9.97. The van der Waals surface area contributed by atoms with Crippen LogP contribution in [0.3, 0.4) is 0 Å². The Hall–Kier alpha value is -2.93. The zero-order chi connectivity index (χ0) is 21.5. The van der Waals surface area contributed by atoms with E-state index in [1.807, 2.05) is 52.9 Å². The minimum Gasteiger partial charge on any atom is -0.355 e. The van der Waals surface area contributed by atoms with Gasteiger partial charge in [0, 0.05) is 49.1 Å². The molecule has 0 spiro atoms. The van der Waals surface area contributed by atoms with E-state index in [0.29, 0.717) is 0 Å². The van der Waals surface area contributed by atoms with Crippen LogP contribution in [0.4, 0.5) is 5.82 Å². The van der Waals surface area contributed by atoms with E-state index in [0.717, 1.165) is 79.2 Å². The first-order valence-electron chi connectivity index (χ1n) is 11.3. The van der Waals surface area contributed by atoms with Crippen molar-refractivity contribution in [2.75, 3.05) is 24.5 Å². The fraction of sp³-hybridized carbons (Fsp3) is 0.458. The largest absolute Gasteiger partial charge is 0.355 e. The lowest BCUT2D eigenvalue weighted by Gasteiger charge is -2.35. The molecule has 7 heteroatoms. The summed E-state index contributed by atoms with van der Waals surface area (Å²) in [6.45, 7) is 6.60. The second-order valence-corrected chi connectivity index (χ2v) is 8.94. The molecule has 162 valence electrons. The number of aromatic nitrogens is 3. The number of anilines is 1. The van der Waals surface area contributed by atoms with E-state index in [9.17, 15) is 4.79 Å². The first kappa shape index (κ1) is 20.0. The molecule has 0 aliphatic carbocycles. The highest BCUT2D eigenvalue weighted by atomic mass is 16.2. The number of carbonyl (C=O) groups excluding carboxylic acids is 1. The Bertz CT molecular complexity index is 1120. The van der Waals surface area contributed by atoms with Gasteiger partial charge < -0.3 is 15.5 Å². The highest BCUT2D eigenvalue weighted by Crippen LogP contribution is 2.33. The summed E-state index contributed by atoms with van der Waals surface area (Å²) >= 11 is 0. The quantitative estimate of drug-likeness (QED) is 0.706. The first-order valence-corrected chi connectivity index (χ1v) is 11.3. The number of hydrogen-bond donors (Lipinski definition) is 1. The molecule has 0 bridgehead atoms. The van der Waals surface area contributed by atoms with Gasteiger partial charge in [-0.05, 0) is 51.2 Å². The van der Waals surface area contributed by atoms with Gasteiger partial charge in [-0.3, -0.25) is 4.79 Å². The van der Waals surface area contributed by atoms with Crippen LogP contribution in [0.2, 0.25) is 0 Å². The summed E-state index contributed by atoms with van der Waals surface area (Å²) in [5.41, 5.74) is 10.7. The van der Waals surface area contributed by atoms with Crippen LogP contribution < -0.4 is 10.6 Å². The third kappa shape index (κ3) is 3.67. The molecule has 2 aliphatic rings. The van der Waals surface area contributed by atoms with Gasteiger partial charge in [0.1, 0.15) is 5.82 Å². The van der Waals surface area contributed by atoms with Gasteiger partial charge in [0.15, 0.2) is 5.65 Å². The predicted molar refractivity (Wildman–Crippen MR) is 121 cm³/mol. The number of nitrogens with zero attached hydrogens (tertiary/aromatic N) is 5. The zero-order valence-corrected chi connectivity index (χ0v) is 18.3. The molecule has 2 aliphatic heterocycles. The van der Waals surface area contributed by atoms with Crippen molar-refractivity contribution in [1.29, 1.82) is 0 Å². The van der Waals surface area contributed by atoms with Crippen molar-refractivity contribution in [2.24, 2.45) is 5.73 Å². The molecule has 2 N–H and O–H groups in total. The fourth-order valence-electron chi connectivity index (χ4n) is 4.93. The molecule has 1 amide bonds. The van der Waals surface area contributed by atoms with Crippen LogP contribution in [-0.2, 0) is 0 Å². The lowest BCUT2D eigenvalue weighted by molar-refractivity contribution is 0.0605. The summed E-state index contributed by atoms with van der Waals surface area (Å²) in [7, 11) is 0. The van der Waals surface area contributed by atoms with Crippen LogP contribution in [0.15, 0.2) is 36.5 Å². The molecule has 4 heterocycles. The third-order valence-corrected chi connectivity index (χ3v) is 6.63. The molecule has 0 radical (unpaired) electrons. The maximum absolute atomic E-state index is 13.4. The van der Waals surface area contributed by atoms with Crippen molar-refractivity contribution < 1.29 is 4.79 Å². The Balaban J connectivity index is 1.48. The standard InChI is InChI=1S/C24H30N6O/c1-16-7-3-4-8-19(16)24(31)29-11-6-5-9-21(29)20-13-22-26-23(17(2)14-30(22)27-20)28-12-10-18(25)15-28/h3-4,7-8,13-14,18,21H,5-6,9-12,15,25H2,1-2H3.